The molecule has 1 heterocycles. The second-order valence-electron chi connectivity index (χ2n) is 6.36. The van der Waals surface area contributed by atoms with Gasteiger partial charge in [-0.1, -0.05) is 6.92 Å². The third kappa shape index (κ3) is 3.04. The molecule has 0 bridgehead atoms. The van der Waals surface area contributed by atoms with Crippen LogP contribution in [0, 0.1) is 31.5 Å². The molecule has 1 aromatic carbocycles. The van der Waals surface area contributed by atoms with E-state index in [1.54, 1.807) is 18.2 Å². The van der Waals surface area contributed by atoms with Crippen LogP contribution < -0.4 is 10.9 Å². The van der Waals surface area contributed by atoms with Crippen LogP contribution in [0.2, 0.25) is 0 Å². The van der Waals surface area contributed by atoms with E-state index in [2.05, 4.69) is 10.9 Å². The Labute approximate surface area is 139 Å². The Morgan fingerprint density at radius 3 is 2.38 bits per heavy atom. The van der Waals surface area contributed by atoms with Crippen LogP contribution in [0.3, 0.4) is 0 Å². The number of rotatable bonds is 3. The normalized spacial score (nSPS) is 19.0. The largest absolute Gasteiger partial charge is 0.318 e. The van der Waals surface area contributed by atoms with E-state index in [1.165, 1.54) is 12.1 Å². The molecule has 0 radical (unpaired) electrons. The maximum absolute atomic E-state index is 13.1. The maximum atomic E-state index is 13.1. The van der Waals surface area contributed by atoms with Gasteiger partial charge < -0.3 is 4.57 Å². The van der Waals surface area contributed by atoms with Crippen molar-refractivity contribution in [3.05, 3.63) is 53.1 Å². The highest BCUT2D eigenvalue weighted by Gasteiger charge is 2.39. The molecule has 2 atom stereocenters. The number of hydrogen-bond acceptors (Lipinski definition) is 2. The number of aryl methyl sites for hydroxylation is 1. The number of nitrogens with one attached hydrogen (secondary N) is 2. The lowest BCUT2D eigenvalue weighted by Crippen LogP contribution is -2.42. The number of hydrazine groups is 1. The number of nitrogens with zero attached hydrogens (tertiary/aromatic N) is 1. The summed E-state index contributed by atoms with van der Waals surface area (Å²) in [6, 6.07) is 7.83. The number of amides is 2. The Balaban J connectivity index is 1.76. The fourth-order valence-electron chi connectivity index (χ4n) is 2.95. The standard InChI is InChI=1S/C18H20FN3O2/c1-10-8-15(10)17(23)20-21-18(24)16-9-11(2)22(12(16)3)14-6-4-13(19)5-7-14/h4-7,9-10,15H,8H2,1-3H3,(H,20,23)(H,21,24). The van der Waals surface area contributed by atoms with Crippen molar-refractivity contribution in [1.29, 1.82) is 0 Å². The summed E-state index contributed by atoms with van der Waals surface area (Å²) in [5, 5.41) is 0. The molecule has 1 aromatic heterocycles. The summed E-state index contributed by atoms with van der Waals surface area (Å²) in [5.74, 6) is -0.445. The molecule has 2 amide bonds. The van der Waals surface area contributed by atoms with Gasteiger partial charge in [0.15, 0.2) is 0 Å². The lowest BCUT2D eigenvalue weighted by Gasteiger charge is -2.10. The van der Waals surface area contributed by atoms with Crippen molar-refractivity contribution in [3.8, 4) is 5.69 Å². The first-order chi connectivity index (χ1) is 11.4. The van der Waals surface area contributed by atoms with Gasteiger partial charge >= 0.3 is 0 Å². The van der Waals surface area contributed by atoms with Gasteiger partial charge in [0.25, 0.3) is 5.91 Å². The number of benzene rings is 1. The molecule has 6 heteroatoms. The van der Waals surface area contributed by atoms with E-state index in [-0.39, 0.29) is 23.5 Å². The first-order valence-electron chi connectivity index (χ1n) is 7.93. The minimum Gasteiger partial charge on any atom is -0.318 e. The molecule has 1 aliphatic carbocycles. The third-order valence-corrected chi connectivity index (χ3v) is 4.51. The highest BCUT2D eigenvalue weighted by Crippen LogP contribution is 2.37. The summed E-state index contributed by atoms with van der Waals surface area (Å²) in [6.45, 7) is 5.69. The van der Waals surface area contributed by atoms with Crippen LogP contribution in [0.25, 0.3) is 5.69 Å². The molecule has 1 aliphatic rings. The Bertz CT molecular complexity index is 795. The van der Waals surface area contributed by atoms with Crippen LogP contribution in [0.4, 0.5) is 4.39 Å². The molecule has 0 saturated heterocycles. The van der Waals surface area contributed by atoms with Crippen LogP contribution in [-0.4, -0.2) is 16.4 Å². The van der Waals surface area contributed by atoms with Crippen LogP contribution in [0.1, 0.15) is 35.1 Å². The average molecular weight is 329 g/mol. The van der Waals surface area contributed by atoms with Gasteiger partial charge in [-0.25, -0.2) is 4.39 Å². The SMILES string of the molecule is Cc1cc(C(=O)NNC(=O)C2CC2C)c(C)n1-c1ccc(F)cc1. The zero-order valence-electron chi connectivity index (χ0n) is 13.9. The van der Waals surface area contributed by atoms with Gasteiger partial charge in [-0.05, 0) is 56.5 Å². The molecule has 0 spiro atoms. The zero-order chi connectivity index (χ0) is 17.4. The Kier molecular flexibility index (Phi) is 4.13. The predicted molar refractivity (Wildman–Crippen MR) is 88.1 cm³/mol. The molecule has 2 unspecified atom stereocenters. The fourth-order valence-corrected chi connectivity index (χ4v) is 2.95. The molecule has 24 heavy (non-hydrogen) atoms. The first kappa shape index (κ1) is 16.2. The fraction of sp³-hybridized carbons (Fsp3) is 0.333. The van der Waals surface area contributed by atoms with Crippen LogP contribution in [0.15, 0.2) is 30.3 Å². The topological polar surface area (TPSA) is 63.1 Å². The lowest BCUT2D eigenvalue weighted by molar-refractivity contribution is -0.123. The van der Waals surface area contributed by atoms with E-state index >= 15 is 0 Å². The van der Waals surface area contributed by atoms with Crippen LogP contribution >= 0.6 is 0 Å². The molecular weight excluding hydrogens is 309 g/mol. The summed E-state index contributed by atoms with van der Waals surface area (Å²) in [7, 11) is 0. The molecule has 1 saturated carbocycles. The summed E-state index contributed by atoms with van der Waals surface area (Å²) >= 11 is 0. The molecule has 126 valence electrons. The molecule has 2 aromatic rings. The van der Waals surface area contributed by atoms with Crippen molar-refractivity contribution >= 4 is 11.8 Å². The van der Waals surface area contributed by atoms with E-state index < -0.39 is 0 Å². The zero-order valence-corrected chi connectivity index (χ0v) is 13.9. The average Bonchev–Trinajstić information content (AvgIpc) is 3.21. The van der Waals surface area contributed by atoms with E-state index in [4.69, 9.17) is 0 Å². The van der Waals surface area contributed by atoms with Crippen molar-refractivity contribution < 1.29 is 14.0 Å². The minimum atomic E-state index is -0.363. The monoisotopic (exact) mass is 329 g/mol. The van der Waals surface area contributed by atoms with Gasteiger partial charge in [-0.2, -0.15) is 0 Å². The molecule has 2 N–H and O–H groups in total. The highest BCUT2D eigenvalue weighted by atomic mass is 19.1. The predicted octanol–water partition coefficient (Wildman–Crippen LogP) is 2.65. The van der Waals surface area contributed by atoms with Gasteiger partial charge in [0.05, 0.1) is 5.56 Å². The van der Waals surface area contributed by atoms with Crippen molar-refractivity contribution in [2.45, 2.75) is 27.2 Å². The molecular formula is C18H20FN3O2. The number of hydrogen-bond donors (Lipinski definition) is 2. The second-order valence-corrected chi connectivity index (χ2v) is 6.36. The van der Waals surface area contributed by atoms with Gasteiger partial charge in [-0.3, -0.25) is 20.4 Å². The van der Waals surface area contributed by atoms with Gasteiger partial charge in [0.1, 0.15) is 5.82 Å². The van der Waals surface area contributed by atoms with E-state index in [0.717, 1.165) is 23.5 Å². The van der Waals surface area contributed by atoms with Gasteiger partial charge in [-0.15, -0.1) is 0 Å². The maximum Gasteiger partial charge on any atom is 0.271 e. The van der Waals surface area contributed by atoms with Crippen molar-refractivity contribution in [2.24, 2.45) is 11.8 Å². The first-order valence-corrected chi connectivity index (χ1v) is 7.93. The van der Waals surface area contributed by atoms with Gasteiger partial charge in [0, 0.05) is 23.0 Å². The third-order valence-electron chi connectivity index (χ3n) is 4.51. The number of aromatic nitrogens is 1. The Hall–Kier alpha value is -2.63. The quantitative estimate of drug-likeness (QED) is 0.851. The number of halogens is 1. The van der Waals surface area contributed by atoms with Crippen molar-refractivity contribution in [2.75, 3.05) is 0 Å². The molecule has 0 aliphatic heterocycles. The van der Waals surface area contributed by atoms with Crippen LogP contribution in [0.5, 0.6) is 0 Å². The van der Waals surface area contributed by atoms with Crippen molar-refractivity contribution in [1.82, 2.24) is 15.4 Å². The van der Waals surface area contributed by atoms with E-state index in [9.17, 15) is 14.0 Å². The molecule has 3 rings (SSSR count). The smallest absolute Gasteiger partial charge is 0.271 e. The Morgan fingerprint density at radius 2 is 1.79 bits per heavy atom. The number of carbonyl (C=O) groups excluding carboxylic acids is 2. The Morgan fingerprint density at radius 1 is 1.17 bits per heavy atom. The second kappa shape index (κ2) is 6.11. The summed E-state index contributed by atoms with van der Waals surface area (Å²) in [5.41, 5.74) is 7.78. The van der Waals surface area contributed by atoms with E-state index in [0.29, 0.717) is 11.5 Å². The number of carbonyl (C=O) groups is 2. The van der Waals surface area contributed by atoms with Crippen LogP contribution in [-0.2, 0) is 4.79 Å². The summed E-state index contributed by atoms with van der Waals surface area (Å²) in [4.78, 5) is 24.1. The highest BCUT2D eigenvalue weighted by molar-refractivity contribution is 5.97. The summed E-state index contributed by atoms with van der Waals surface area (Å²) in [6.07, 6.45) is 0.862. The lowest BCUT2D eigenvalue weighted by atomic mass is 10.2. The summed E-state index contributed by atoms with van der Waals surface area (Å²) < 4.78 is 15.0. The molecule has 1 fully saturated rings. The molecule has 5 nitrogen and oxygen atoms in total. The minimum absolute atomic E-state index is 0.00283. The van der Waals surface area contributed by atoms with Gasteiger partial charge in [0.2, 0.25) is 5.91 Å². The van der Waals surface area contributed by atoms with Crippen molar-refractivity contribution in [3.63, 3.8) is 0 Å². The van der Waals surface area contributed by atoms with E-state index in [1.807, 2.05) is 25.3 Å².